The van der Waals surface area contributed by atoms with E-state index in [0.717, 1.165) is 23.0 Å². The number of thiazole rings is 1. The average molecular weight is 397 g/mol. The number of thiophene rings is 1. The number of carbonyl (C=O) groups is 1. The Morgan fingerprint density at radius 1 is 1.41 bits per heavy atom. The second-order valence-electron chi connectivity index (χ2n) is 3.15. The molecular weight excluding hydrogens is 390 g/mol. The van der Waals surface area contributed by atoms with Crippen LogP contribution in [0, 0.1) is 6.92 Å². The van der Waals surface area contributed by atoms with Gasteiger partial charge < -0.3 is 4.74 Å². The fourth-order valence-corrected chi connectivity index (χ4v) is 4.22. The zero-order valence-corrected chi connectivity index (χ0v) is 13.7. The van der Waals surface area contributed by atoms with Gasteiger partial charge in [-0.3, -0.25) is 0 Å². The number of halogens is 2. The van der Waals surface area contributed by atoms with E-state index in [1.54, 1.807) is 11.3 Å². The molecule has 2 aromatic heterocycles. The first-order valence-electron chi connectivity index (χ1n) is 4.54. The van der Waals surface area contributed by atoms with Crippen molar-refractivity contribution >= 4 is 60.5 Å². The lowest BCUT2D eigenvalue weighted by atomic mass is 10.4. The number of aryl methyl sites for hydroxylation is 1. The molecule has 0 N–H and O–H groups in total. The second-order valence-corrected chi connectivity index (χ2v) is 7.58. The van der Waals surface area contributed by atoms with Gasteiger partial charge in [0.1, 0.15) is 5.01 Å². The fourth-order valence-electron chi connectivity index (χ4n) is 1.24. The summed E-state index contributed by atoms with van der Waals surface area (Å²) >= 11 is 9.93. The first-order valence-corrected chi connectivity index (χ1v) is 7.75. The maximum absolute atomic E-state index is 11.5. The molecule has 17 heavy (non-hydrogen) atoms. The highest BCUT2D eigenvalue weighted by Crippen LogP contribution is 2.40. The van der Waals surface area contributed by atoms with Crippen LogP contribution in [0.4, 0.5) is 0 Å². The van der Waals surface area contributed by atoms with Gasteiger partial charge in [0.25, 0.3) is 0 Å². The van der Waals surface area contributed by atoms with Crippen LogP contribution in [0.15, 0.2) is 14.3 Å². The van der Waals surface area contributed by atoms with E-state index in [9.17, 15) is 4.79 Å². The van der Waals surface area contributed by atoms with Crippen molar-refractivity contribution < 1.29 is 9.53 Å². The van der Waals surface area contributed by atoms with Crippen LogP contribution in [0.25, 0.3) is 9.88 Å². The number of carbonyl (C=O) groups excluding carboxylic acids is 1. The molecule has 2 aromatic rings. The Labute approximate surface area is 123 Å². The molecule has 0 amide bonds. The molecule has 2 rings (SSSR count). The molecule has 0 fully saturated rings. The first kappa shape index (κ1) is 13.2. The number of esters is 1. The van der Waals surface area contributed by atoms with Crippen molar-refractivity contribution in [2.45, 2.75) is 6.92 Å². The van der Waals surface area contributed by atoms with Gasteiger partial charge >= 0.3 is 5.97 Å². The van der Waals surface area contributed by atoms with E-state index in [0.29, 0.717) is 5.69 Å². The summed E-state index contributed by atoms with van der Waals surface area (Å²) in [7, 11) is 1.36. The minimum absolute atomic E-state index is 0.389. The molecule has 0 aliphatic heterocycles. The molecule has 0 saturated carbocycles. The number of rotatable bonds is 2. The Morgan fingerprint density at radius 3 is 2.65 bits per heavy atom. The standard InChI is InChI=1S/C10H7Br2NO2S2/c1-4-7(10(14)15-2)13-9(16-4)6-3-5(11)8(12)17-6/h3H,1-2H3. The van der Waals surface area contributed by atoms with Crippen molar-refractivity contribution in [3.8, 4) is 9.88 Å². The summed E-state index contributed by atoms with van der Waals surface area (Å²) in [5.41, 5.74) is 0.396. The quantitative estimate of drug-likeness (QED) is 0.702. The molecule has 0 saturated heterocycles. The smallest absolute Gasteiger partial charge is 0.357 e. The lowest BCUT2D eigenvalue weighted by molar-refractivity contribution is 0.0594. The molecule has 0 atom stereocenters. The van der Waals surface area contributed by atoms with Crippen LogP contribution < -0.4 is 0 Å². The van der Waals surface area contributed by atoms with Crippen molar-refractivity contribution in [2.24, 2.45) is 0 Å². The molecule has 2 heterocycles. The predicted octanol–water partition coefficient (Wildman–Crippen LogP) is 4.49. The summed E-state index contributed by atoms with van der Waals surface area (Å²) < 4.78 is 6.69. The zero-order chi connectivity index (χ0) is 12.6. The molecule has 7 heteroatoms. The van der Waals surface area contributed by atoms with Gasteiger partial charge in [-0.1, -0.05) is 0 Å². The van der Waals surface area contributed by atoms with Crippen LogP contribution in [0.3, 0.4) is 0 Å². The van der Waals surface area contributed by atoms with E-state index in [1.165, 1.54) is 18.4 Å². The molecule has 0 aromatic carbocycles. The molecule has 0 spiro atoms. The van der Waals surface area contributed by atoms with Crippen molar-refractivity contribution in [1.82, 2.24) is 4.98 Å². The maximum atomic E-state index is 11.5. The summed E-state index contributed by atoms with van der Waals surface area (Å²) in [4.78, 5) is 17.7. The van der Waals surface area contributed by atoms with Crippen LogP contribution in [-0.4, -0.2) is 18.1 Å². The minimum Gasteiger partial charge on any atom is -0.464 e. The summed E-state index contributed by atoms with van der Waals surface area (Å²) in [5, 5.41) is 0.833. The normalized spacial score (nSPS) is 10.6. The maximum Gasteiger partial charge on any atom is 0.357 e. The minimum atomic E-state index is -0.389. The van der Waals surface area contributed by atoms with Crippen molar-refractivity contribution in [3.63, 3.8) is 0 Å². The topological polar surface area (TPSA) is 39.2 Å². The molecule has 0 bridgehead atoms. The molecule has 90 valence electrons. The van der Waals surface area contributed by atoms with E-state index in [1.807, 2.05) is 13.0 Å². The van der Waals surface area contributed by atoms with E-state index in [2.05, 4.69) is 41.6 Å². The Balaban J connectivity index is 2.44. The highest BCUT2D eigenvalue weighted by molar-refractivity contribution is 9.13. The zero-order valence-electron chi connectivity index (χ0n) is 8.91. The Kier molecular flexibility index (Phi) is 4.02. The van der Waals surface area contributed by atoms with Crippen LogP contribution in [0.2, 0.25) is 0 Å². The second kappa shape index (κ2) is 5.17. The van der Waals surface area contributed by atoms with Gasteiger partial charge in [0.15, 0.2) is 5.69 Å². The monoisotopic (exact) mass is 395 g/mol. The van der Waals surface area contributed by atoms with E-state index in [4.69, 9.17) is 0 Å². The first-order chi connectivity index (χ1) is 8.02. The Bertz CT molecular complexity index is 557. The largest absolute Gasteiger partial charge is 0.464 e. The highest BCUT2D eigenvalue weighted by atomic mass is 79.9. The third-order valence-electron chi connectivity index (χ3n) is 2.03. The number of hydrogen-bond donors (Lipinski definition) is 0. The number of aromatic nitrogens is 1. The predicted molar refractivity (Wildman–Crippen MR) is 76.9 cm³/mol. The molecule has 0 aliphatic rings. The van der Waals surface area contributed by atoms with Gasteiger partial charge in [0.05, 0.1) is 15.8 Å². The number of hydrogen-bond acceptors (Lipinski definition) is 5. The number of methoxy groups -OCH3 is 1. The third kappa shape index (κ3) is 2.62. The van der Waals surface area contributed by atoms with E-state index in [-0.39, 0.29) is 5.97 Å². The summed E-state index contributed by atoms with van der Waals surface area (Å²) in [6, 6.07) is 1.98. The average Bonchev–Trinajstić information content (AvgIpc) is 2.82. The Morgan fingerprint density at radius 2 is 2.12 bits per heavy atom. The molecule has 0 unspecified atom stereocenters. The molecule has 0 aliphatic carbocycles. The van der Waals surface area contributed by atoms with Gasteiger partial charge in [-0.25, -0.2) is 9.78 Å². The van der Waals surface area contributed by atoms with E-state index < -0.39 is 0 Å². The third-order valence-corrected chi connectivity index (χ3v) is 6.43. The highest BCUT2D eigenvalue weighted by Gasteiger charge is 2.18. The summed E-state index contributed by atoms with van der Waals surface area (Å²) in [6.07, 6.45) is 0. The molecule has 0 radical (unpaired) electrons. The fraction of sp³-hybridized carbons (Fsp3) is 0.200. The van der Waals surface area contributed by atoms with Gasteiger partial charge in [-0.05, 0) is 44.8 Å². The summed E-state index contributed by atoms with van der Waals surface area (Å²) in [5.74, 6) is -0.389. The van der Waals surface area contributed by atoms with Crippen LogP contribution in [0.1, 0.15) is 15.4 Å². The van der Waals surface area contributed by atoms with Gasteiger partial charge in [-0.2, -0.15) is 0 Å². The van der Waals surface area contributed by atoms with Gasteiger partial charge in [-0.15, -0.1) is 22.7 Å². The van der Waals surface area contributed by atoms with Crippen LogP contribution >= 0.6 is 54.5 Å². The molecule has 3 nitrogen and oxygen atoms in total. The summed E-state index contributed by atoms with van der Waals surface area (Å²) in [6.45, 7) is 1.87. The van der Waals surface area contributed by atoms with Crippen LogP contribution in [-0.2, 0) is 4.74 Å². The Hall–Kier alpha value is -0.240. The van der Waals surface area contributed by atoms with Gasteiger partial charge in [0, 0.05) is 9.35 Å². The van der Waals surface area contributed by atoms with Crippen molar-refractivity contribution in [2.75, 3.05) is 7.11 Å². The number of nitrogens with zero attached hydrogens (tertiary/aromatic N) is 1. The SMILES string of the molecule is COC(=O)c1nc(-c2cc(Br)c(Br)s2)sc1C. The van der Waals surface area contributed by atoms with E-state index >= 15 is 0 Å². The van der Waals surface area contributed by atoms with Gasteiger partial charge in [0.2, 0.25) is 0 Å². The van der Waals surface area contributed by atoms with Crippen LogP contribution in [0.5, 0.6) is 0 Å². The lowest BCUT2D eigenvalue weighted by Gasteiger charge is -1.93. The van der Waals surface area contributed by atoms with Crippen molar-refractivity contribution in [3.05, 3.63) is 24.9 Å². The van der Waals surface area contributed by atoms with Crippen molar-refractivity contribution in [1.29, 1.82) is 0 Å². The lowest BCUT2D eigenvalue weighted by Crippen LogP contribution is -2.02. The number of ether oxygens (including phenoxy) is 1. The molecular formula is C10H7Br2NO2S2.